The highest BCUT2D eigenvalue weighted by Crippen LogP contribution is 2.33. The summed E-state index contributed by atoms with van der Waals surface area (Å²) in [7, 11) is 0. The summed E-state index contributed by atoms with van der Waals surface area (Å²) in [6, 6.07) is 9.70. The van der Waals surface area contributed by atoms with Crippen molar-refractivity contribution in [3.05, 3.63) is 65.0 Å². The third-order valence-corrected chi connectivity index (χ3v) is 4.47. The van der Waals surface area contributed by atoms with Gasteiger partial charge in [0.05, 0.1) is 0 Å². The number of hydrogen-bond acceptors (Lipinski definition) is 5. The van der Waals surface area contributed by atoms with Crippen LogP contribution in [-0.4, -0.2) is 27.3 Å². The summed E-state index contributed by atoms with van der Waals surface area (Å²) in [5.74, 6) is -2.79. The molecule has 0 fully saturated rings. The lowest BCUT2D eigenvalue weighted by Crippen LogP contribution is -2.24. The number of aromatic nitrogens is 2. The van der Waals surface area contributed by atoms with Crippen LogP contribution in [-0.2, 0) is 19.3 Å². The summed E-state index contributed by atoms with van der Waals surface area (Å²) >= 11 is 0. The maximum Gasteiger partial charge on any atom is 0.573 e. The first kappa shape index (κ1) is 20.7. The quantitative estimate of drug-likeness (QED) is 0.542. The molecule has 0 radical (unpaired) electrons. The Morgan fingerprint density at radius 3 is 2.48 bits per heavy atom. The highest BCUT2D eigenvalue weighted by Gasteiger charge is 2.39. The number of para-hydroxylation sites is 1. The van der Waals surface area contributed by atoms with Gasteiger partial charge in [-0.05, 0) is 17.7 Å². The second-order valence-electron chi connectivity index (χ2n) is 6.61. The van der Waals surface area contributed by atoms with E-state index in [1.54, 1.807) is 0 Å². The first-order valence-corrected chi connectivity index (χ1v) is 8.68. The highest BCUT2D eigenvalue weighted by molar-refractivity contribution is 5.99. The molecular weight excluding hydrogens is 432 g/mol. The molecule has 1 aliphatic heterocycles. The van der Waals surface area contributed by atoms with Crippen LogP contribution in [0.2, 0.25) is 0 Å². The molecular formula is C19H11F6N3O3. The Morgan fingerprint density at radius 1 is 1.06 bits per heavy atom. The Balaban J connectivity index is 1.57. The summed E-state index contributed by atoms with van der Waals surface area (Å²) < 4.78 is 84.0. The van der Waals surface area contributed by atoms with Crippen molar-refractivity contribution >= 4 is 5.91 Å². The summed E-state index contributed by atoms with van der Waals surface area (Å²) in [6.45, 7) is -0.0512. The van der Waals surface area contributed by atoms with Gasteiger partial charge in [-0.1, -0.05) is 35.5 Å². The molecule has 0 saturated carbocycles. The zero-order valence-corrected chi connectivity index (χ0v) is 15.3. The van der Waals surface area contributed by atoms with Gasteiger partial charge in [-0.3, -0.25) is 4.79 Å². The number of ether oxygens (including phenoxy) is 1. The Kier molecular flexibility index (Phi) is 4.86. The molecule has 0 N–H and O–H groups in total. The van der Waals surface area contributed by atoms with E-state index in [9.17, 15) is 31.1 Å². The van der Waals surface area contributed by atoms with Gasteiger partial charge >= 0.3 is 18.4 Å². The first-order valence-electron chi connectivity index (χ1n) is 8.68. The average molecular weight is 443 g/mol. The predicted molar refractivity (Wildman–Crippen MR) is 91.4 cm³/mol. The number of amides is 1. The molecule has 3 aromatic rings. The predicted octanol–water partition coefficient (Wildman–Crippen LogP) is 4.81. The maximum absolute atomic E-state index is 12.8. The summed E-state index contributed by atoms with van der Waals surface area (Å²) in [4.78, 5) is 17.3. The molecule has 0 aliphatic carbocycles. The molecule has 12 heteroatoms. The number of alkyl halides is 6. The minimum absolute atomic E-state index is 0.106. The van der Waals surface area contributed by atoms with Gasteiger partial charge in [-0.15, -0.1) is 13.2 Å². The number of carbonyl (C=O) groups is 1. The molecule has 0 atom stereocenters. The monoisotopic (exact) mass is 443 g/mol. The zero-order chi connectivity index (χ0) is 22.4. The van der Waals surface area contributed by atoms with Crippen LogP contribution in [0.15, 0.2) is 47.0 Å². The Hall–Kier alpha value is -3.57. The normalized spacial score (nSPS) is 14.1. The van der Waals surface area contributed by atoms with Crippen molar-refractivity contribution in [2.24, 2.45) is 0 Å². The molecule has 1 amide bonds. The molecule has 31 heavy (non-hydrogen) atoms. The van der Waals surface area contributed by atoms with E-state index in [4.69, 9.17) is 0 Å². The van der Waals surface area contributed by atoms with E-state index in [2.05, 4.69) is 19.4 Å². The molecule has 1 aromatic heterocycles. The van der Waals surface area contributed by atoms with Crippen LogP contribution < -0.4 is 4.74 Å². The van der Waals surface area contributed by atoms with E-state index in [1.807, 2.05) is 0 Å². The largest absolute Gasteiger partial charge is 0.573 e. The van der Waals surface area contributed by atoms with Crippen molar-refractivity contribution in [1.29, 1.82) is 0 Å². The molecule has 0 saturated heterocycles. The smallest absolute Gasteiger partial charge is 0.405 e. The Morgan fingerprint density at radius 2 is 1.81 bits per heavy atom. The lowest BCUT2D eigenvalue weighted by Gasteiger charge is -2.19. The lowest BCUT2D eigenvalue weighted by molar-refractivity contribution is -0.275. The van der Waals surface area contributed by atoms with Crippen LogP contribution in [0.4, 0.5) is 26.3 Å². The van der Waals surface area contributed by atoms with Crippen LogP contribution >= 0.6 is 0 Å². The topological polar surface area (TPSA) is 68.5 Å². The summed E-state index contributed by atoms with van der Waals surface area (Å²) in [6.07, 6.45) is -9.69. The van der Waals surface area contributed by atoms with Crippen molar-refractivity contribution in [2.45, 2.75) is 25.6 Å². The van der Waals surface area contributed by atoms with Crippen molar-refractivity contribution < 1.29 is 40.4 Å². The third-order valence-electron chi connectivity index (χ3n) is 4.47. The van der Waals surface area contributed by atoms with Gasteiger partial charge in [0.25, 0.3) is 5.91 Å². The molecule has 162 valence electrons. The average Bonchev–Trinajstić information content (AvgIpc) is 3.28. The highest BCUT2D eigenvalue weighted by atomic mass is 19.4. The Bertz CT molecular complexity index is 1140. The van der Waals surface area contributed by atoms with Gasteiger partial charge in [0, 0.05) is 29.8 Å². The minimum Gasteiger partial charge on any atom is -0.405 e. The number of fused-ring (bicyclic) bond motifs is 1. The standard InChI is InChI=1S/C19H11F6N3O3/c20-18(21,22)17-26-15(27-31-17)10-5-6-11-8-28(16(29)13(11)7-10)9-12-3-1-2-4-14(12)30-19(23,24)25/h1-7H,8-9H2. The van der Waals surface area contributed by atoms with Gasteiger partial charge in [0.15, 0.2) is 0 Å². The number of benzene rings is 2. The first-order chi connectivity index (χ1) is 14.5. The fourth-order valence-corrected chi connectivity index (χ4v) is 3.15. The van der Waals surface area contributed by atoms with Crippen molar-refractivity contribution in [3.8, 4) is 17.1 Å². The fourth-order valence-electron chi connectivity index (χ4n) is 3.15. The Labute approximate surface area is 170 Å². The molecule has 0 bridgehead atoms. The minimum atomic E-state index is -4.89. The molecule has 0 spiro atoms. The van der Waals surface area contributed by atoms with Crippen LogP contribution in [0, 0.1) is 0 Å². The van der Waals surface area contributed by atoms with Crippen molar-refractivity contribution in [1.82, 2.24) is 15.0 Å². The summed E-state index contributed by atoms with van der Waals surface area (Å²) in [5.41, 5.74) is 1.02. The van der Waals surface area contributed by atoms with Gasteiger partial charge in [-0.25, -0.2) is 0 Å². The number of hydrogen-bond donors (Lipinski definition) is 0. The van der Waals surface area contributed by atoms with Crippen molar-refractivity contribution in [3.63, 3.8) is 0 Å². The van der Waals surface area contributed by atoms with E-state index >= 15 is 0 Å². The molecule has 1 aliphatic rings. The number of nitrogens with zero attached hydrogens (tertiary/aromatic N) is 3. The van der Waals surface area contributed by atoms with Crippen LogP contribution in [0.1, 0.15) is 27.4 Å². The van der Waals surface area contributed by atoms with E-state index < -0.39 is 30.1 Å². The summed E-state index contributed by atoms with van der Waals surface area (Å²) in [5, 5.41) is 3.28. The molecule has 0 unspecified atom stereocenters. The van der Waals surface area contributed by atoms with E-state index in [-0.39, 0.29) is 35.6 Å². The molecule has 6 nitrogen and oxygen atoms in total. The van der Waals surface area contributed by atoms with Gasteiger partial charge < -0.3 is 14.2 Å². The molecule has 4 rings (SSSR count). The fraction of sp³-hybridized carbons (Fsp3) is 0.211. The van der Waals surface area contributed by atoms with Gasteiger partial charge in [-0.2, -0.15) is 18.2 Å². The van der Waals surface area contributed by atoms with Gasteiger partial charge in [0.1, 0.15) is 5.75 Å². The zero-order valence-electron chi connectivity index (χ0n) is 15.3. The molecule has 2 aromatic carbocycles. The molecule has 2 heterocycles. The van der Waals surface area contributed by atoms with E-state index in [0.29, 0.717) is 5.56 Å². The van der Waals surface area contributed by atoms with Crippen LogP contribution in [0.3, 0.4) is 0 Å². The number of halogens is 6. The van der Waals surface area contributed by atoms with Crippen molar-refractivity contribution in [2.75, 3.05) is 0 Å². The second-order valence-corrected chi connectivity index (χ2v) is 6.61. The maximum atomic E-state index is 12.8. The van der Waals surface area contributed by atoms with E-state index in [0.717, 1.165) is 6.07 Å². The van der Waals surface area contributed by atoms with Crippen LogP contribution in [0.5, 0.6) is 5.75 Å². The van der Waals surface area contributed by atoms with E-state index in [1.165, 1.54) is 41.3 Å². The number of carbonyl (C=O) groups excluding carboxylic acids is 1. The SMILES string of the molecule is O=C1c2cc(-c3noc(C(F)(F)F)n3)ccc2CN1Cc1ccccc1OC(F)(F)F. The van der Waals surface area contributed by atoms with Crippen LogP contribution in [0.25, 0.3) is 11.4 Å². The lowest BCUT2D eigenvalue weighted by atomic mass is 10.1. The third kappa shape index (κ3) is 4.32. The number of rotatable bonds is 4. The van der Waals surface area contributed by atoms with Gasteiger partial charge in [0.2, 0.25) is 5.82 Å². The second kappa shape index (κ2) is 7.29.